The fourth-order valence-corrected chi connectivity index (χ4v) is 2.65. The van der Waals surface area contributed by atoms with E-state index in [0.717, 1.165) is 17.7 Å². The summed E-state index contributed by atoms with van der Waals surface area (Å²) in [6.07, 6.45) is 0. The van der Waals surface area contributed by atoms with E-state index in [1.54, 1.807) is 6.07 Å². The molecule has 2 aromatic carbocycles. The van der Waals surface area contributed by atoms with Crippen LogP contribution in [0.1, 0.15) is 55.0 Å². The van der Waals surface area contributed by atoms with Gasteiger partial charge >= 0.3 is 0 Å². The first-order valence-electron chi connectivity index (χ1n) is 7.62. The number of aryl methyl sites for hydroxylation is 1. The lowest BCUT2D eigenvalue weighted by Gasteiger charge is -2.21. The van der Waals surface area contributed by atoms with E-state index in [-0.39, 0.29) is 11.9 Å². The van der Waals surface area contributed by atoms with Gasteiger partial charge in [0.1, 0.15) is 5.82 Å². The van der Waals surface area contributed by atoms with Gasteiger partial charge in [0.05, 0.1) is 6.04 Å². The van der Waals surface area contributed by atoms with Gasteiger partial charge in [0, 0.05) is 0 Å². The van der Waals surface area contributed by atoms with Gasteiger partial charge in [0.25, 0.3) is 0 Å². The van der Waals surface area contributed by atoms with Crippen molar-refractivity contribution in [3.05, 3.63) is 70.5 Å². The number of rotatable bonds is 5. The molecule has 0 heterocycles. The summed E-state index contributed by atoms with van der Waals surface area (Å²) in [5.41, 5.74) is 4.67. The molecule has 0 spiro atoms. The quantitative estimate of drug-likeness (QED) is 0.819. The van der Waals surface area contributed by atoms with Crippen LogP contribution in [0.5, 0.6) is 0 Å². The molecule has 2 heteroatoms. The third-order valence-electron chi connectivity index (χ3n) is 3.89. The molecule has 0 amide bonds. The highest BCUT2D eigenvalue weighted by molar-refractivity contribution is 5.38. The number of benzene rings is 2. The summed E-state index contributed by atoms with van der Waals surface area (Å²) < 4.78 is 13.3. The lowest BCUT2D eigenvalue weighted by molar-refractivity contribution is 0.610. The predicted molar refractivity (Wildman–Crippen MR) is 87.2 cm³/mol. The summed E-state index contributed by atoms with van der Waals surface area (Å²) in [5, 5.41) is 3.50. The molecule has 0 aromatic heterocycles. The van der Waals surface area contributed by atoms with Crippen LogP contribution in [0, 0.1) is 12.7 Å². The summed E-state index contributed by atoms with van der Waals surface area (Å²) in [6.45, 7) is 9.31. The van der Waals surface area contributed by atoms with Gasteiger partial charge in [-0.3, -0.25) is 0 Å². The number of halogens is 1. The first kappa shape index (κ1) is 15.7. The largest absolute Gasteiger partial charge is 0.307 e. The molecule has 0 aliphatic carbocycles. The van der Waals surface area contributed by atoms with Gasteiger partial charge in [-0.25, -0.2) is 4.39 Å². The van der Waals surface area contributed by atoms with Crippen LogP contribution < -0.4 is 5.32 Å². The monoisotopic (exact) mass is 285 g/mol. The third kappa shape index (κ3) is 3.70. The molecule has 2 aromatic rings. The molecular weight excluding hydrogens is 261 g/mol. The summed E-state index contributed by atoms with van der Waals surface area (Å²) in [7, 11) is 0. The highest BCUT2D eigenvalue weighted by Gasteiger charge is 2.15. The molecule has 1 N–H and O–H groups in total. The Labute approximate surface area is 127 Å². The number of hydrogen-bond acceptors (Lipinski definition) is 1. The van der Waals surface area contributed by atoms with E-state index in [1.807, 2.05) is 13.0 Å². The van der Waals surface area contributed by atoms with Crippen LogP contribution in [0.15, 0.2) is 42.5 Å². The van der Waals surface area contributed by atoms with E-state index < -0.39 is 0 Å². The zero-order valence-corrected chi connectivity index (χ0v) is 13.3. The Morgan fingerprint density at radius 3 is 2.14 bits per heavy atom. The first-order chi connectivity index (χ1) is 10.0. The maximum atomic E-state index is 13.3. The Morgan fingerprint density at radius 2 is 1.62 bits per heavy atom. The highest BCUT2D eigenvalue weighted by Crippen LogP contribution is 2.27. The first-order valence-corrected chi connectivity index (χ1v) is 7.62. The molecule has 0 aliphatic rings. The van der Waals surface area contributed by atoms with Crippen molar-refractivity contribution in [2.24, 2.45) is 0 Å². The second-order valence-corrected chi connectivity index (χ2v) is 5.81. The molecule has 0 radical (unpaired) electrons. The second-order valence-electron chi connectivity index (χ2n) is 5.81. The molecule has 21 heavy (non-hydrogen) atoms. The topological polar surface area (TPSA) is 12.0 Å². The Kier molecular flexibility index (Phi) is 5.13. The molecule has 1 nitrogen and oxygen atoms in total. The van der Waals surface area contributed by atoms with Crippen molar-refractivity contribution in [1.82, 2.24) is 5.32 Å². The van der Waals surface area contributed by atoms with Crippen LogP contribution in [-0.2, 0) is 0 Å². The molecule has 2 rings (SSSR count). The highest BCUT2D eigenvalue weighted by atomic mass is 19.1. The van der Waals surface area contributed by atoms with Crippen molar-refractivity contribution in [2.45, 2.75) is 39.7 Å². The molecule has 0 bridgehead atoms. The van der Waals surface area contributed by atoms with Crippen molar-refractivity contribution in [3.63, 3.8) is 0 Å². The fourth-order valence-electron chi connectivity index (χ4n) is 2.65. The Morgan fingerprint density at radius 1 is 1.00 bits per heavy atom. The van der Waals surface area contributed by atoms with Gasteiger partial charge in [0.2, 0.25) is 0 Å². The number of nitrogens with one attached hydrogen (secondary N) is 1. The smallest absolute Gasteiger partial charge is 0.123 e. The van der Waals surface area contributed by atoms with Gasteiger partial charge in [-0.2, -0.15) is 0 Å². The van der Waals surface area contributed by atoms with Crippen LogP contribution >= 0.6 is 0 Å². The average Bonchev–Trinajstić information content (AvgIpc) is 2.46. The van der Waals surface area contributed by atoms with E-state index in [4.69, 9.17) is 0 Å². The standard InChI is InChI=1S/C19H24FN/c1-5-21-19(18-11-10-17(20)12-14(18)4)16-8-6-15(7-9-16)13(2)3/h6-13,19,21H,5H2,1-4H3. The average molecular weight is 285 g/mol. The lowest BCUT2D eigenvalue weighted by atomic mass is 9.93. The minimum Gasteiger partial charge on any atom is -0.307 e. The van der Waals surface area contributed by atoms with E-state index in [2.05, 4.69) is 50.4 Å². The summed E-state index contributed by atoms with van der Waals surface area (Å²) in [6, 6.07) is 13.8. The van der Waals surface area contributed by atoms with Crippen molar-refractivity contribution in [1.29, 1.82) is 0 Å². The van der Waals surface area contributed by atoms with Crippen molar-refractivity contribution in [2.75, 3.05) is 6.54 Å². The fraction of sp³-hybridized carbons (Fsp3) is 0.368. The van der Waals surface area contributed by atoms with Crippen LogP contribution in [0.25, 0.3) is 0 Å². The number of hydrogen-bond donors (Lipinski definition) is 1. The second kappa shape index (κ2) is 6.86. The summed E-state index contributed by atoms with van der Waals surface area (Å²) in [5.74, 6) is 0.353. The molecule has 0 saturated carbocycles. The van der Waals surface area contributed by atoms with Crippen LogP contribution in [0.4, 0.5) is 4.39 Å². The van der Waals surface area contributed by atoms with Crippen molar-refractivity contribution >= 4 is 0 Å². The lowest BCUT2D eigenvalue weighted by Crippen LogP contribution is -2.22. The summed E-state index contributed by atoms with van der Waals surface area (Å²) in [4.78, 5) is 0. The SMILES string of the molecule is CCNC(c1ccc(C(C)C)cc1)c1ccc(F)cc1C. The maximum absolute atomic E-state index is 13.3. The molecule has 112 valence electrons. The molecule has 0 fully saturated rings. The minimum absolute atomic E-state index is 0.108. The Balaban J connectivity index is 2.38. The normalized spacial score (nSPS) is 12.7. The summed E-state index contributed by atoms with van der Waals surface area (Å²) >= 11 is 0. The molecular formula is C19H24FN. The van der Waals surface area contributed by atoms with E-state index in [9.17, 15) is 4.39 Å². The Hall–Kier alpha value is -1.67. The van der Waals surface area contributed by atoms with E-state index in [0.29, 0.717) is 5.92 Å². The zero-order chi connectivity index (χ0) is 15.4. The maximum Gasteiger partial charge on any atom is 0.123 e. The van der Waals surface area contributed by atoms with E-state index >= 15 is 0 Å². The minimum atomic E-state index is -0.179. The van der Waals surface area contributed by atoms with Crippen LogP contribution in [0.3, 0.4) is 0 Å². The van der Waals surface area contributed by atoms with Crippen LogP contribution in [-0.4, -0.2) is 6.54 Å². The predicted octanol–water partition coefficient (Wildman–Crippen LogP) is 4.96. The van der Waals surface area contributed by atoms with Gasteiger partial charge in [-0.1, -0.05) is 51.1 Å². The molecule has 0 saturated heterocycles. The van der Waals surface area contributed by atoms with Crippen molar-refractivity contribution in [3.8, 4) is 0 Å². The Bertz CT molecular complexity index is 587. The van der Waals surface area contributed by atoms with Gasteiger partial charge < -0.3 is 5.32 Å². The van der Waals surface area contributed by atoms with Crippen LogP contribution in [0.2, 0.25) is 0 Å². The van der Waals surface area contributed by atoms with Gasteiger partial charge in [-0.05, 0) is 53.8 Å². The van der Waals surface area contributed by atoms with E-state index in [1.165, 1.54) is 17.2 Å². The molecule has 0 aliphatic heterocycles. The molecule has 1 unspecified atom stereocenters. The van der Waals surface area contributed by atoms with Crippen molar-refractivity contribution < 1.29 is 4.39 Å². The zero-order valence-electron chi connectivity index (χ0n) is 13.3. The van der Waals surface area contributed by atoms with Gasteiger partial charge in [0.15, 0.2) is 0 Å². The third-order valence-corrected chi connectivity index (χ3v) is 3.89. The molecule has 1 atom stereocenters. The van der Waals surface area contributed by atoms with Gasteiger partial charge in [-0.15, -0.1) is 0 Å².